The molecule has 1 unspecified atom stereocenters. The molecule has 1 saturated heterocycles. The van der Waals surface area contributed by atoms with Gasteiger partial charge in [0, 0.05) is 24.2 Å². The Hall–Kier alpha value is -3.03. The number of likely N-dealkylation sites (tertiary alicyclic amines) is 1. The van der Waals surface area contributed by atoms with Crippen LogP contribution in [0.25, 0.3) is 5.76 Å². The molecule has 2 aromatic carbocycles. The van der Waals surface area contributed by atoms with Gasteiger partial charge in [-0.1, -0.05) is 29.8 Å². The van der Waals surface area contributed by atoms with Gasteiger partial charge in [-0.2, -0.15) is 0 Å². The van der Waals surface area contributed by atoms with Crippen LogP contribution in [0, 0.1) is 0 Å². The number of aliphatic hydroxyl groups is 1. The number of Topliss-reactive ketones (excluding diaryl/α,β-unsaturated/α-hetero) is 1. The van der Waals surface area contributed by atoms with Crippen LogP contribution in [0.2, 0.25) is 5.02 Å². The maximum atomic E-state index is 13.1. The average molecular weight is 445 g/mol. The first-order valence-corrected chi connectivity index (χ1v) is 10.1. The van der Waals surface area contributed by atoms with E-state index in [-0.39, 0.29) is 21.9 Å². The molecule has 164 valence electrons. The number of benzene rings is 2. The van der Waals surface area contributed by atoms with Crippen LogP contribution in [0.4, 0.5) is 0 Å². The number of hydrogen-bond donors (Lipinski definition) is 1. The zero-order valence-electron chi connectivity index (χ0n) is 17.9. The molecule has 0 radical (unpaired) electrons. The second-order valence-corrected chi connectivity index (χ2v) is 7.79. The van der Waals surface area contributed by atoms with E-state index < -0.39 is 17.7 Å². The number of ketones is 1. The Morgan fingerprint density at radius 2 is 1.84 bits per heavy atom. The van der Waals surface area contributed by atoms with Crippen LogP contribution in [0.5, 0.6) is 11.5 Å². The number of amides is 1. The highest BCUT2D eigenvalue weighted by molar-refractivity contribution is 6.47. The molecule has 1 N–H and O–H groups in total. The van der Waals surface area contributed by atoms with Crippen LogP contribution in [0.1, 0.15) is 17.2 Å². The number of nitrogens with zero attached hydrogens (tertiary/aromatic N) is 2. The lowest BCUT2D eigenvalue weighted by molar-refractivity contribution is -0.140. The molecular formula is C23H25ClN2O5. The summed E-state index contributed by atoms with van der Waals surface area (Å²) in [7, 11) is 6.77. The van der Waals surface area contributed by atoms with Crippen LogP contribution < -0.4 is 9.47 Å². The third kappa shape index (κ3) is 4.38. The fourth-order valence-electron chi connectivity index (χ4n) is 3.59. The number of rotatable bonds is 7. The van der Waals surface area contributed by atoms with Crippen molar-refractivity contribution in [2.75, 3.05) is 41.4 Å². The van der Waals surface area contributed by atoms with Crippen LogP contribution in [0.3, 0.4) is 0 Å². The SMILES string of the molecule is COc1ccc(Cl)c(/C(O)=C2\C(=O)C(=O)N(CCN(C)C)C2c2ccccc2OC)c1. The summed E-state index contributed by atoms with van der Waals surface area (Å²) in [4.78, 5) is 29.4. The number of para-hydroxylation sites is 1. The molecule has 0 aliphatic carbocycles. The lowest BCUT2D eigenvalue weighted by Gasteiger charge is -2.27. The molecule has 0 saturated carbocycles. The quantitative estimate of drug-likeness (QED) is 0.401. The van der Waals surface area contributed by atoms with E-state index in [2.05, 4.69) is 0 Å². The second kappa shape index (κ2) is 9.41. The lowest BCUT2D eigenvalue weighted by atomic mass is 9.94. The van der Waals surface area contributed by atoms with E-state index in [4.69, 9.17) is 21.1 Å². The van der Waals surface area contributed by atoms with Crippen molar-refractivity contribution in [3.63, 3.8) is 0 Å². The third-order valence-electron chi connectivity index (χ3n) is 5.19. The van der Waals surface area contributed by atoms with Gasteiger partial charge in [0.15, 0.2) is 0 Å². The highest BCUT2D eigenvalue weighted by atomic mass is 35.5. The summed E-state index contributed by atoms with van der Waals surface area (Å²) in [6.45, 7) is 0.835. The molecule has 1 fully saturated rings. The molecule has 8 heteroatoms. The normalized spacial score (nSPS) is 18.0. The van der Waals surface area contributed by atoms with Crippen LogP contribution in [0.15, 0.2) is 48.0 Å². The molecule has 2 aromatic rings. The van der Waals surface area contributed by atoms with Crippen LogP contribution in [-0.2, 0) is 9.59 Å². The third-order valence-corrected chi connectivity index (χ3v) is 5.52. The molecule has 1 amide bonds. The Morgan fingerprint density at radius 1 is 1.13 bits per heavy atom. The lowest BCUT2D eigenvalue weighted by Crippen LogP contribution is -2.35. The number of carbonyl (C=O) groups is 2. The maximum Gasteiger partial charge on any atom is 0.295 e. The fourth-order valence-corrected chi connectivity index (χ4v) is 3.80. The molecule has 0 spiro atoms. The van der Waals surface area contributed by atoms with Gasteiger partial charge in [-0.15, -0.1) is 0 Å². The van der Waals surface area contributed by atoms with E-state index in [1.165, 1.54) is 25.2 Å². The van der Waals surface area contributed by atoms with Crippen LogP contribution in [-0.4, -0.2) is 68.0 Å². The minimum Gasteiger partial charge on any atom is -0.507 e. The highest BCUT2D eigenvalue weighted by Crippen LogP contribution is 2.43. The molecule has 3 rings (SSSR count). The van der Waals surface area contributed by atoms with E-state index >= 15 is 0 Å². The zero-order chi connectivity index (χ0) is 22.7. The van der Waals surface area contributed by atoms with E-state index in [0.29, 0.717) is 30.2 Å². The number of ether oxygens (including phenoxy) is 2. The molecule has 1 aliphatic rings. The Bertz CT molecular complexity index is 1030. The van der Waals surface area contributed by atoms with Gasteiger partial charge in [-0.25, -0.2) is 0 Å². The van der Waals surface area contributed by atoms with Crippen molar-refractivity contribution in [1.29, 1.82) is 0 Å². The Morgan fingerprint density at radius 3 is 2.48 bits per heavy atom. The Labute approximate surface area is 186 Å². The summed E-state index contributed by atoms with van der Waals surface area (Å²) in [6, 6.07) is 11.0. The number of likely N-dealkylation sites (N-methyl/N-ethyl adjacent to an activating group) is 1. The predicted octanol–water partition coefficient (Wildman–Crippen LogP) is 3.34. The van der Waals surface area contributed by atoms with Crippen molar-refractivity contribution in [2.24, 2.45) is 0 Å². The summed E-state index contributed by atoms with van der Waals surface area (Å²) in [5, 5.41) is 11.4. The Kier molecular flexibility index (Phi) is 6.87. The topological polar surface area (TPSA) is 79.3 Å². The number of halogens is 1. The van der Waals surface area contributed by atoms with Crippen molar-refractivity contribution in [3.05, 3.63) is 64.2 Å². The van der Waals surface area contributed by atoms with Crippen molar-refractivity contribution in [2.45, 2.75) is 6.04 Å². The molecular weight excluding hydrogens is 420 g/mol. The van der Waals surface area contributed by atoms with E-state index in [1.807, 2.05) is 19.0 Å². The first-order chi connectivity index (χ1) is 14.8. The first kappa shape index (κ1) is 22.7. The van der Waals surface area contributed by atoms with E-state index in [1.54, 1.807) is 36.4 Å². The van der Waals surface area contributed by atoms with Gasteiger partial charge < -0.3 is 24.4 Å². The summed E-state index contributed by atoms with van der Waals surface area (Å²) < 4.78 is 10.7. The van der Waals surface area contributed by atoms with Gasteiger partial charge >= 0.3 is 0 Å². The number of aliphatic hydroxyl groups excluding tert-OH is 1. The van der Waals surface area contributed by atoms with Crippen molar-refractivity contribution >= 4 is 29.1 Å². The Balaban J connectivity index is 2.24. The molecule has 0 bridgehead atoms. The smallest absolute Gasteiger partial charge is 0.295 e. The van der Waals surface area contributed by atoms with Gasteiger partial charge in [0.05, 0.1) is 30.9 Å². The standard InChI is InChI=1S/C23H25ClN2O5/c1-25(2)11-12-26-20(15-7-5-6-8-18(15)31-4)19(22(28)23(26)29)21(27)16-13-14(30-3)9-10-17(16)24/h5-10,13,20,27H,11-12H2,1-4H3/b21-19+. The molecule has 1 aliphatic heterocycles. The minimum atomic E-state index is -0.821. The molecule has 0 aromatic heterocycles. The molecule has 1 atom stereocenters. The number of hydrogen-bond acceptors (Lipinski definition) is 6. The van der Waals surface area contributed by atoms with Gasteiger partial charge in [0.1, 0.15) is 17.3 Å². The first-order valence-electron chi connectivity index (χ1n) is 9.70. The maximum absolute atomic E-state index is 13.1. The van der Waals surface area contributed by atoms with Crippen molar-refractivity contribution in [3.8, 4) is 11.5 Å². The molecule has 7 nitrogen and oxygen atoms in total. The highest BCUT2D eigenvalue weighted by Gasteiger charge is 2.47. The van der Waals surface area contributed by atoms with E-state index in [9.17, 15) is 14.7 Å². The second-order valence-electron chi connectivity index (χ2n) is 7.38. The number of methoxy groups -OCH3 is 2. The zero-order valence-corrected chi connectivity index (χ0v) is 18.6. The van der Waals surface area contributed by atoms with Gasteiger partial charge in [0.2, 0.25) is 0 Å². The fraction of sp³-hybridized carbons (Fsp3) is 0.304. The summed E-state index contributed by atoms with van der Waals surface area (Å²) in [5.74, 6) is -0.844. The predicted molar refractivity (Wildman–Crippen MR) is 119 cm³/mol. The van der Waals surface area contributed by atoms with Gasteiger partial charge in [0.25, 0.3) is 11.7 Å². The molecule has 31 heavy (non-hydrogen) atoms. The van der Waals surface area contributed by atoms with Crippen LogP contribution >= 0.6 is 11.6 Å². The van der Waals surface area contributed by atoms with Crippen molar-refractivity contribution < 1.29 is 24.2 Å². The van der Waals surface area contributed by atoms with Crippen molar-refractivity contribution in [1.82, 2.24) is 9.80 Å². The monoisotopic (exact) mass is 444 g/mol. The van der Waals surface area contributed by atoms with Gasteiger partial charge in [-0.05, 0) is 38.4 Å². The number of carbonyl (C=O) groups excluding carboxylic acids is 2. The summed E-state index contributed by atoms with van der Waals surface area (Å²) in [6.07, 6.45) is 0. The summed E-state index contributed by atoms with van der Waals surface area (Å²) in [5.41, 5.74) is 0.776. The minimum absolute atomic E-state index is 0.0385. The van der Waals surface area contributed by atoms with Gasteiger partial charge in [-0.3, -0.25) is 9.59 Å². The largest absolute Gasteiger partial charge is 0.507 e. The average Bonchev–Trinajstić information content (AvgIpc) is 3.02. The van der Waals surface area contributed by atoms with E-state index in [0.717, 1.165) is 0 Å². The summed E-state index contributed by atoms with van der Waals surface area (Å²) >= 11 is 6.31. The molecule has 1 heterocycles.